The van der Waals surface area contributed by atoms with Crippen molar-refractivity contribution in [2.45, 2.75) is 0 Å². The van der Waals surface area contributed by atoms with Crippen molar-refractivity contribution >= 4 is 21.6 Å². The molecule has 1 amide bonds. The van der Waals surface area contributed by atoms with Gasteiger partial charge in [0.25, 0.3) is 5.91 Å². The van der Waals surface area contributed by atoms with Gasteiger partial charge in [-0.1, -0.05) is 30.3 Å². The van der Waals surface area contributed by atoms with Crippen molar-refractivity contribution < 1.29 is 17.6 Å². The van der Waals surface area contributed by atoms with Crippen LogP contribution in [0.4, 0.5) is 10.1 Å². The summed E-state index contributed by atoms with van der Waals surface area (Å²) in [5.41, 5.74) is 0.984. The molecule has 8 heteroatoms. The van der Waals surface area contributed by atoms with E-state index in [1.165, 1.54) is 10.4 Å². The predicted octanol–water partition coefficient (Wildman–Crippen LogP) is 1.71. The Bertz CT molecular complexity index is 882. The minimum Gasteiger partial charge on any atom is -0.367 e. The fourth-order valence-corrected chi connectivity index (χ4v) is 4.37. The van der Waals surface area contributed by atoms with Crippen molar-refractivity contribution in [3.05, 3.63) is 66.0 Å². The van der Waals surface area contributed by atoms with Crippen LogP contribution in [0.25, 0.3) is 0 Å². The van der Waals surface area contributed by atoms with Gasteiger partial charge in [0.05, 0.1) is 11.4 Å². The molecule has 1 aliphatic heterocycles. The number of carbonyl (C=O) groups excluding carboxylic acids is 1. The van der Waals surface area contributed by atoms with Crippen LogP contribution in [0.5, 0.6) is 0 Å². The number of amides is 1. The van der Waals surface area contributed by atoms with E-state index in [4.69, 9.17) is 0 Å². The number of carbonyl (C=O) groups is 1. The molecule has 6 nitrogen and oxygen atoms in total. The van der Waals surface area contributed by atoms with E-state index >= 15 is 0 Å². The third-order valence-corrected chi connectivity index (χ3v) is 6.38. The Morgan fingerprint density at radius 2 is 1.59 bits per heavy atom. The summed E-state index contributed by atoms with van der Waals surface area (Å²) in [6.45, 7) is 1.49. The molecule has 3 rings (SSSR count). The molecule has 1 heterocycles. The number of anilines is 1. The molecule has 144 valence electrons. The zero-order chi connectivity index (χ0) is 19.3. The van der Waals surface area contributed by atoms with Crippen molar-refractivity contribution in [2.24, 2.45) is 0 Å². The maximum Gasteiger partial charge on any atom is 0.251 e. The number of sulfonamides is 1. The lowest BCUT2D eigenvalue weighted by Gasteiger charge is -2.35. The third kappa shape index (κ3) is 4.84. The molecular weight excluding hydrogens is 369 g/mol. The molecule has 0 aliphatic carbocycles. The Labute approximate surface area is 158 Å². The molecule has 1 saturated heterocycles. The molecule has 1 fully saturated rings. The van der Waals surface area contributed by atoms with Gasteiger partial charge in [-0.25, -0.2) is 12.8 Å². The molecule has 1 aliphatic rings. The van der Waals surface area contributed by atoms with Crippen molar-refractivity contribution in [1.29, 1.82) is 0 Å². The zero-order valence-corrected chi connectivity index (χ0v) is 15.7. The van der Waals surface area contributed by atoms with E-state index in [0.29, 0.717) is 37.4 Å². The second-order valence-electron chi connectivity index (χ2n) is 6.28. The highest BCUT2D eigenvalue weighted by molar-refractivity contribution is 7.89. The zero-order valence-electron chi connectivity index (χ0n) is 14.8. The van der Waals surface area contributed by atoms with Crippen LogP contribution < -0.4 is 10.2 Å². The maximum absolute atomic E-state index is 13.9. The number of hydrogen-bond donors (Lipinski definition) is 1. The first kappa shape index (κ1) is 19.3. The first-order valence-corrected chi connectivity index (χ1v) is 10.4. The van der Waals surface area contributed by atoms with E-state index < -0.39 is 10.0 Å². The molecule has 27 heavy (non-hydrogen) atoms. The van der Waals surface area contributed by atoms with E-state index in [1.54, 1.807) is 42.5 Å². The topological polar surface area (TPSA) is 69.7 Å². The summed E-state index contributed by atoms with van der Waals surface area (Å²) in [6, 6.07) is 15.1. The SMILES string of the molecule is O=C(NCCS(=O)(=O)N1CCN(c2ccccc2F)CC1)c1ccccc1. The number of para-hydroxylation sites is 1. The van der Waals surface area contributed by atoms with Gasteiger partial charge < -0.3 is 10.2 Å². The monoisotopic (exact) mass is 391 g/mol. The second-order valence-corrected chi connectivity index (χ2v) is 8.36. The number of nitrogens with one attached hydrogen (secondary N) is 1. The van der Waals surface area contributed by atoms with Gasteiger partial charge in [-0.05, 0) is 24.3 Å². The summed E-state index contributed by atoms with van der Waals surface area (Å²) in [4.78, 5) is 13.8. The van der Waals surface area contributed by atoms with Gasteiger partial charge >= 0.3 is 0 Å². The number of benzene rings is 2. The number of rotatable bonds is 6. The molecule has 0 bridgehead atoms. The average Bonchev–Trinajstić information content (AvgIpc) is 2.69. The summed E-state index contributed by atoms with van der Waals surface area (Å²) < 4.78 is 40.3. The van der Waals surface area contributed by atoms with Crippen LogP contribution in [-0.2, 0) is 10.0 Å². The lowest BCUT2D eigenvalue weighted by molar-refractivity contribution is 0.0956. The van der Waals surface area contributed by atoms with Gasteiger partial charge in [0.15, 0.2) is 0 Å². The fourth-order valence-electron chi connectivity index (χ4n) is 3.03. The van der Waals surface area contributed by atoms with Crippen LogP contribution in [0.2, 0.25) is 0 Å². The van der Waals surface area contributed by atoms with Gasteiger partial charge in [0.2, 0.25) is 10.0 Å². The fraction of sp³-hybridized carbons (Fsp3) is 0.316. The van der Waals surface area contributed by atoms with Crippen LogP contribution in [-0.4, -0.2) is 57.1 Å². The van der Waals surface area contributed by atoms with E-state index in [-0.39, 0.29) is 24.0 Å². The first-order valence-electron chi connectivity index (χ1n) is 8.78. The lowest BCUT2D eigenvalue weighted by atomic mass is 10.2. The van der Waals surface area contributed by atoms with E-state index in [0.717, 1.165) is 0 Å². The van der Waals surface area contributed by atoms with Crippen LogP contribution in [0.1, 0.15) is 10.4 Å². The van der Waals surface area contributed by atoms with Gasteiger partial charge in [-0.2, -0.15) is 4.31 Å². The Morgan fingerprint density at radius 3 is 2.26 bits per heavy atom. The van der Waals surface area contributed by atoms with Crippen LogP contribution in [0.3, 0.4) is 0 Å². The number of nitrogens with zero attached hydrogens (tertiary/aromatic N) is 2. The smallest absolute Gasteiger partial charge is 0.251 e. The Hall–Kier alpha value is -2.45. The third-order valence-electron chi connectivity index (χ3n) is 4.51. The molecule has 0 spiro atoms. The van der Waals surface area contributed by atoms with Crippen LogP contribution in [0, 0.1) is 5.82 Å². The van der Waals surface area contributed by atoms with Gasteiger partial charge in [-0.15, -0.1) is 0 Å². The molecule has 1 N–H and O–H groups in total. The number of halogens is 1. The highest BCUT2D eigenvalue weighted by Gasteiger charge is 2.27. The minimum absolute atomic E-state index is 0.0452. The molecule has 0 saturated carbocycles. The van der Waals surface area contributed by atoms with Crippen LogP contribution >= 0.6 is 0 Å². The van der Waals surface area contributed by atoms with Gasteiger partial charge in [-0.3, -0.25) is 4.79 Å². The van der Waals surface area contributed by atoms with Crippen molar-refractivity contribution in [3.63, 3.8) is 0 Å². The van der Waals surface area contributed by atoms with E-state index in [9.17, 15) is 17.6 Å². The van der Waals surface area contributed by atoms with Crippen molar-refractivity contribution in [1.82, 2.24) is 9.62 Å². The summed E-state index contributed by atoms with van der Waals surface area (Å²) >= 11 is 0. The molecular formula is C19H22FN3O3S. The lowest BCUT2D eigenvalue weighted by Crippen LogP contribution is -2.50. The molecule has 0 atom stereocenters. The Balaban J connectivity index is 1.50. The molecule has 0 aromatic heterocycles. The molecule has 2 aromatic rings. The maximum atomic E-state index is 13.9. The Kier molecular flexibility index (Phi) is 6.08. The second kappa shape index (κ2) is 8.49. The van der Waals surface area contributed by atoms with Gasteiger partial charge in [0.1, 0.15) is 5.82 Å². The predicted molar refractivity (Wildman–Crippen MR) is 103 cm³/mol. The standard InChI is InChI=1S/C19H22FN3O3S/c20-17-8-4-5-9-18(17)22-11-13-23(14-12-22)27(25,26)15-10-21-19(24)16-6-2-1-3-7-16/h1-9H,10-15H2,(H,21,24). The normalized spacial score (nSPS) is 15.5. The summed E-state index contributed by atoms with van der Waals surface area (Å²) in [5.74, 6) is -0.766. The molecule has 2 aromatic carbocycles. The van der Waals surface area contributed by atoms with Crippen LogP contribution in [0.15, 0.2) is 54.6 Å². The number of hydrogen-bond acceptors (Lipinski definition) is 4. The van der Waals surface area contributed by atoms with Crippen molar-refractivity contribution in [2.75, 3.05) is 43.4 Å². The Morgan fingerprint density at radius 1 is 0.963 bits per heavy atom. The highest BCUT2D eigenvalue weighted by Crippen LogP contribution is 2.21. The molecule has 0 unspecified atom stereocenters. The highest BCUT2D eigenvalue weighted by atomic mass is 32.2. The quantitative estimate of drug-likeness (QED) is 0.814. The first-order chi connectivity index (χ1) is 13.0. The largest absolute Gasteiger partial charge is 0.367 e. The average molecular weight is 391 g/mol. The van der Waals surface area contributed by atoms with Crippen molar-refractivity contribution in [3.8, 4) is 0 Å². The molecule has 0 radical (unpaired) electrons. The summed E-state index contributed by atoms with van der Waals surface area (Å²) in [6.07, 6.45) is 0. The number of piperazine rings is 1. The summed E-state index contributed by atoms with van der Waals surface area (Å²) in [5, 5.41) is 2.63. The summed E-state index contributed by atoms with van der Waals surface area (Å²) in [7, 11) is -3.48. The van der Waals surface area contributed by atoms with Gasteiger partial charge in [0, 0.05) is 38.3 Å². The van der Waals surface area contributed by atoms with E-state index in [1.807, 2.05) is 11.0 Å². The minimum atomic E-state index is -3.48. The van der Waals surface area contributed by atoms with E-state index in [2.05, 4.69) is 5.32 Å².